The van der Waals surface area contributed by atoms with Crippen LogP contribution in [0.1, 0.15) is 0 Å². The van der Waals surface area contributed by atoms with Crippen LogP contribution in [0.3, 0.4) is 0 Å². The lowest BCUT2D eigenvalue weighted by Gasteiger charge is -2.15. The first-order valence-corrected chi connectivity index (χ1v) is 18.9. The molecule has 3 nitrogen and oxygen atoms in total. The lowest BCUT2D eigenvalue weighted by atomic mass is 10.0. The molecule has 13 rings (SSSR count). The van der Waals surface area contributed by atoms with Gasteiger partial charge in [0.1, 0.15) is 5.58 Å². The van der Waals surface area contributed by atoms with Crippen LogP contribution in [0.4, 0.5) is 0 Å². The third-order valence-corrected chi connectivity index (χ3v) is 12.1. The number of nitrogens with zero attached hydrogens (tertiary/aromatic N) is 2. The van der Waals surface area contributed by atoms with Crippen molar-refractivity contribution in [1.82, 2.24) is 9.13 Å². The van der Waals surface area contributed by atoms with E-state index in [0.717, 1.165) is 38.8 Å². The van der Waals surface area contributed by atoms with E-state index < -0.39 is 0 Å². The van der Waals surface area contributed by atoms with Crippen molar-refractivity contribution in [3.05, 3.63) is 182 Å². The minimum atomic E-state index is 0.899. The van der Waals surface area contributed by atoms with Gasteiger partial charge in [-0.3, -0.25) is 0 Å². The molecule has 55 heavy (non-hydrogen) atoms. The Morgan fingerprint density at radius 1 is 0.327 bits per heavy atom. The number of aromatic nitrogens is 2. The second-order valence-electron chi connectivity index (χ2n) is 14.8. The van der Waals surface area contributed by atoms with Gasteiger partial charge in [-0.25, -0.2) is 0 Å². The van der Waals surface area contributed by atoms with E-state index >= 15 is 0 Å². The molecule has 0 saturated carbocycles. The van der Waals surface area contributed by atoms with E-state index in [1.807, 2.05) is 0 Å². The van der Waals surface area contributed by atoms with Gasteiger partial charge in [-0.05, 0) is 75.2 Å². The Balaban J connectivity index is 1.23. The first kappa shape index (κ1) is 29.1. The van der Waals surface area contributed by atoms with Gasteiger partial charge < -0.3 is 13.6 Å². The molecule has 0 saturated heterocycles. The van der Waals surface area contributed by atoms with Crippen LogP contribution in [-0.4, -0.2) is 9.13 Å². The summed E-state index contributed by atoms with van der Waals surface area (Å²) in [6.45, 7) is 0. The Labute approximate surface area is 315 Å². The molecule has 0 atom stereocenters. The van der Waals surface area contributed by atoms with Gasteiger partial charge in [0.2, 0.25) is 0 Å². The molecule has 0 unspecified atom stereocenters. The quantitative estimate of drug-likeness (QED) is 0.180. The van der Waals surface area contributed by atoms with Gasteiger partial charge >= 0.3 is 0 Å². The van der Waals surface area contributed by atoms with Crippen LogP contribution >= 0.6 is 0 Å². The van der Waals surface area contributed by atoms with Crippen LogP contribution in [0, 0.1) is 0 Å². The Morgan fingerprint density at radius 2 is 0.909 bits per heavy atom. The molecular weight excluding hydrogens is 669 g/mol. The smallest absolute Gasteiger partial charge is 0.160 e. The fraction of sp³-hybridized carbons (Fsp3) is 0. The molecule has 1 aliphatic carbocycles. The van der Waals surface area contributed by atoms with Crippen LogP contribution in [0.25, 0.3) is 121 Å². The second-order valence-corrected chi connectivity index (χ2v) is 14.8. The third kappa shape index (κ3) is 3.79. The Kier molecular flexibility index (Phi) is 5.63. The number of hydrogen-bond donors (Lipinski definition) is 0. The standard InChI is InChI=1S/C52H30N2O/c1-2-11-31(12-3-1)32-21-23-33(24-22-32)53-45-19-8-6-15-36(45)40-25-26-41-42-27-28-43-37-16-7-9-20-47(37)55-52(43)51(42)54(50(41)49(40)53)46-30-29-39-35-14-5-4-13-34(35)38-17-10-18-44(46)48(38)39/h1-30H. The molecule has 0 spiro atoms. The first-order chi connectivity index (χ1) is 27.3. The van der Waals surface area contributed by atoms with Crippen molar-refractivity contribution in [2.24, 2.45) is 0 Å². The van der Waals surface area contributed by atoms with E-state index in [4.69, 9.17) is 4.42 Å². The molecule has 0 fully saturated rings. The van der Waals surface area contributed by atoms with Gasteiger partial charge in [0.05, 0.1) is 27.8 Å². The SMILES string of the molecule is c1ccc(-c2ccc(-n3c4ccccc4c4ccc5c6ccc7c8ccccc8oc7c6n(-c6ccc7c8c(cccc68)-c6ccccc6-7)c5c43)cc2)cc1. The zero-order chi connectivity index (χ0) is 35.8. The highest BCUT2D eigenvalue weighted by Gasteiger charge is 2.27. The van der Waals surface area contributed by atoms with E-state index in [9.17, 15) is 0 Å². The van der Waals surface area contributed by atoms with E-state index in [0.29, 0.717) is 0 Å². The van der Waals surface area contributed by atoms with Gasteiger partial charge in [0, 0.05) is 43.4 Å². The van der Waals surface area contributed by atoms with Gasteiger partial charge in [0.25, 0.3) is 0 Å². The van der Waals surface area contributed by atoms with Crippen molar-refractivity contribution in [2.45, 2.75) is 0 Å². The summed E-state index contributed by atoms with van der Waals surface area (Å²) in [7, 11) is 0. The van der Waals surface area contributed by atoms with E-state index in [1.165, 1.54) is 82.2 Å². The molecule has 0 radical (unpaired) electrons. The summed E-state index contributed by atoms with van der Waals surface area (Å²) < 4.78 is 11.9. The first-order valence-electron chi connectivity index (χ1n) is 18.9. The number of furan rings is 1. The summed E-state index contributed by atoms with van der Waals surface area (Å²) in [5, 5.41) is 9.60. The maximum Gasteiger partial charge on any atom is 0.160 e. The van der Waals surface area contributed by atoms with Gasteiger partial charge in [-0.15, -0.1) is 0 Å². The van der Waals surface area contributed by atoms with Crippen LogP contribution < -0.4 is 0 Å². The molecule has 12 aromatic rings. The minimum absolute atomic E-state index is 0.899. The molecule has 3 aromatic heterocycles. The molecule has 0 amide bonds. The molecular formula is C52H30N2O. The molecule has 1 aliphatic rings. The number of benzene rings is 9. The summed E-state index contributed by atoms with van der Waals surface area (Å²) in [6, 6.07) is 66.4. The normalized spacial score (nSPS) is 12.4. The Bertz CT molecular complexity index is 3550. The highest BCUT2D eigenvalue weighted by atomic mass is 16.3. The van der Waals surface area contributed by atoms with Gasteiger partial charge in [-0.1, -0.05) is 146 Å². The van der Waals surface area contributed by atoms with Gasteiger partial charge in [0.15, 0.2) is 5.58 Å². The van der Waals surface area contributed by atoms with E-state index in [-0.39, 0.29) is 0 Å². The monoisotopic (exact) mass is 698 g/mol. The average Bonchev–Trinajstić information content (AvgIpc) is 3.99. The molecule has 9 aromatic carbocycles. The Morgan fingerprint density at radius 3 is 1.73 bits per heavy atom. The summed E-state index contributed by atoms with van der Waals surface area (Å²) >= 11 is 0. The summed E-state index contributed by atoms with van der Waals surface area (Å²) in [6.07, 6.45) is 0. The second kappa shape index (κ2) is 10.6. The summed E-state index contributed by atoms with van der Waals surface area (Å²) in [5.41, 5.74) is 16.3. The van der Waals surface area contributed by atoms with Crippen LogP contribution in [-0.2, 0) is 0 Å². The summed E-state index contributed by atoms with van der Waals surface area (Å²) in [5.74, 6) is 0. The maximum absolute atomic E-state index is 6.89. The minimum Gasteiger partial charge on any atom is -0.454 e. The Hall–Kier alpha value is -7.36. The van der Waals surface area contributed by atoms with E-state index in [1.54, 1.807) is 0 Å². The number of fused-ring (bicyclic) bond motifs is 14. The maximum atomic E-state index is 6.89. The van der Waals surface area contributed by atoms with Crippen LogP contribution in [0.5, 0.6) is 0 Å². The molecule has 0 bridgehead atoms. The fourth-order valence-corrected chi connectivity index (χ4v) is 9.74. The van der Waals surface area contributed by atoms with Crippen LogP contribution in [0.2, 0.25) is 0 Å². The lowest BCUT2D eigenvalue weighted by molar-refractivity contribution is 0.671. The highest BCUT2D eigenvalue weighted by Crippen LogP contribution is 2.51. The van der Waals surface area contributed by atoms with Crippen molar-refractivity contribution in [1.29, 1.82) is 0 Å². The van der Waals surface area contributed by atoms with Crippen molar-refractivity contribution in [2.75, 3.05) is 0 Å². The zero-order valence-electron chi connectivity index (χ0n) is 29.6. The van der Waals surface area contributed by atoms with Crippen molar-refractivity contribution < 1.29 is 4.42 Å². The van der Waals surface area contributed by atoms with Crippen LogP contribution in [0.15, 0.2) is 186 Å². The number of hydrogen-bond acceptors (Lipinski definition) is 1. The molecule has 3 heterocycles. The number of rotatable bonds is 3. The van der Waals surface area contributed by atoms with Crippen molar-refractivity contribution >= 4 is 76.3 Å². The lowest BCUT2D eigenvalue weighted by Crippen LogP contribution is -2.00. The van der Waals surface area contributed by atoms with E-state index in [2.05, 4.69) is 191 Å². The summed E-state index contributed by atoms with van der Waals surface area (Å²) in [4.78, 5) is 0. The molecule has 254 valence electrons. The van der Waals surface area contributed by atoms with Gasteiger partial charge in [-0.2, -0.15) is 0 Å². The van der Waals surface area contributed by atoms with Crippen molar-refractivity contribution in [3.63, 3.8) is 0 Å². The molecule has 3 heteroatoms. The third-order valence-electron chi connectivity index (χ3n) is 12.1. The predicted molar refractivity (Wildman–Crippen MR) is 230 cm³/mol. The molecule has 0 N–H and O–H groups in total. The van der Waals surface area contributed by atoms with Crippen molar-refractivity contribution in [3.8, 4) is 44.8 Å². The predicted octanol–water partition coefficient (Wildman–Crippen LogP) is 14.2. The highest BCUT2D eigenvalue weighted by molar-refractivity contribution is 6.29. The average molecular weight is 699 g/mol. The topological polar surface area (TPSA) is 23.0 Å². The number of para-hydroxylation sites is 2. The zero-order valence-corrected chi connectivity index (χ0v) is 29.6. The molecule has 0 aliphatic heterocycles. The largest absolute Gasteiger partial charge is 0.454 e. The fourth-order valence-electron chi connectivity index (χ4n) is 9.74.